The maximum atomic E-state index is 12.3. The molecule has 0 aliphatic heterocycles. The van der Waals surface area contributed by atoms with E-state index < -0.39 is 17.9 Å². The zero-order valence-electron chi connectivity index (χ0n) is 13.9. The SMILES string of the molecule is Cc1cccc(C(OOC(C)(C)C)OC(=O)c2ccccc2)c1. The van der Waals surface area contributed by atoms with E-state index in [9.17, 15) is 4.79 Å². The van der Waals surface area contributed by atoms with Gasteiger partial charge in [0.25, 0.3) is 6.29 Å². The maximum Gasteiger partial charge on any atom is 0.340 e. The van der Waals surface area contributed by atoms with E-state index in [0.717, 1.165) is 11.1 Å². The van der Waals surface area contributed by atoms with E-state index >= 15 is 0 Å². The van der Waals surface area contributed by atoms with Crippen molar-refractivity contribution < 1.29 is 19.3 Å². The molecule has 0 N–H and O–H groups in total. The van der Waals surface area contributed by atoms with Crippen LogP contribution < -0.4 is 0 Å². The molecular weight excluding hydrogens is 292 g/mol. The first-order valence-corrected chi connectivity index (χ1v) is 7.52. The number of carbonyl (C=O) groups excluding carboxylic acids is 1. The number of hydrogen-bond acceptors (Lipinski definition) is 4. The summed E-state index contributed by atoms with van der Waals surface area (Å²) in [5.41, 5.74) is 1.71. The highest BCUT2D eigenvalue weighted by Gasteiger charge is 2.23. The molecule has 0 aromatic heterocycles. The second kappa shape index (κ2) is 7.40. The Kier molecular flexibility index (Phi) is 5.53. The van der Waals surface area contributed by atoms with E-state index in [1.165, 1.54) is 0 Å². The van der Waals surface area contributed by atoms with Gasteiger partial charge in [0.2, 0.25) is 0 Å². The highest BCUT2D eigenvalue weighted by Crippen LogP contribution is 2.24. The topological polar surface area (TPSA) is 44.8 Å². The predicted molar refractivity (Wildman–Crippen MR) is 87.7 cm³/mol. The molecule has 4 nitrogen and oxygen atoms in total. The molecule has 1 atom stereocenters. The quantitative estimate of drug-likeness (QED) is 0.350. The normalized spacial score (nSPS) is 12.7. The fourth-order valence-electron chi connectivity index (χ4n) is 1.89. The van der Waals surface area contributed by atoms with Crippen LogP contribution in [0.1, 0.15) is 48.5 Å². The average molecular weight is 314 g/mol. The standard InChI is InChI=1S/C19H22O4/c1-14-9-8-12-16(13-14)18(22-23-19(2,3)4)21-17(20)15-10-6-5-7-11-15/h5-13,18H,1-4H3. The van der Waals surface area contributed by atoms with Gasteiger partial charge in [0.15, 0.2) is 0 Å². The smallest absolute Gasteiger partial charge is 0.340 e. The maximum absolute atomic E-state index is 12.3. The van der Waals surface area contributed by atoms with Crippen molar-refractivity contribution in [3.05, 3.63) is 71.3 Å². The second-order valence-corrected chi connectivity index (χ2v) is 6.31. The third-order valence-corrected chi connectivity index (χ3v) is 2.92. The molecule has 2 aromatic rings. The second-order valence-electron chi connectivity index (χ2n) is 6.31. The van der Waals surface area contributed by atoms with Gasteiger partial charge < -0.3 is 4.74 Å². The Morgan fingerprint density at radius 2 is 1.70 bits per heavy atom. The Labute approximate surface area is 136 Å². The molecule has 0 saturated carbocycles. The van der Waals surface area contributed by atoms with E-state index in [1.807, 2.05) is 58.0 Å². The van der Waals surface area contributed by atoms with Crippen molar-refractivity contribution in [1.82, 2.24) is 0 Å². The van der Waals surface area contributed by atoms with Gasteiger partial charge in [-0.2, -0.15) is 4.89 Å². The van der Waals surface area contributed by atoms with Gasteiger partial charge in [-0.1, -0.05) is 42.0 Å². The lowest BCUT2D eigenvalue weighted by molar-refractivity contribution is -0.411. The minimum absolute atomic E-state index is 0.463. The highest BCUT2D eigenvalue weighted by atomic mass is 17.2. The summed E-state index contributed by atoms with van der Waals surface area (Å²) in [6, 6.07) is 16.4. The monoisotopic (exact) mass is 314 g/mol. The lowest BCUT2D eigenvalue weighted by atomic mass is 10.1. The summed E-state index contributed by atoms with van der Waals surface area (Å²) >= 11 is 0. The molecular formula is C19H22O4. The molecule has 0 aliphatic rings. The summed E-state index contributed by atoms with van der Waals surface area (Å²) in [4.78, 5) is 23.0. The molecule has 1 unspecified atom stereocenters. The summed E-state index contributed by atoms with van der Waals surface area (Å²) in [5.74, 6) is -0.463. The van der Waals surface area contributed by atoms with Gasteiger partial charge in [0.05, 0.1) is 11.2 Å². The Balaban J connectivity index is 2.18. The first kappa shape index (κ1) is 17.2. The summed E-state index contributed by atoms with van der Waals surface area (Å²) < 4.78 is 5.49. The van der Waals surface area contributed by atoms with Crippen LogP contribution in [0.5, 0.6) is 0 Å². The highest BCUT2D eigenvalue weighted by molar-refractivity contribution is 5.89. The molecule has 122 valence electrons. The molecule has 0 amide bonds. The zero-order chi connectivity index (χ0) is 16.9. The Morgan fingerprint density at radius 3 is 2.30 bits per heavy atom. The lowest BCUT2D eigenvalue weighted by Gasteiger charge is -2.23. The number of aryl methyl sites for hydroxylation is 1. The molecule has 2 aromatic carbocycles. The predicted octanol–water partition coefficient (Wildman–Crippen LogP) is 4.60. The van der Waals surface area contributed by atoms with Crippen molar-refractivity contribution >= 4 is 5.97 Å². The number of rotatable bonds is 5. The van der Waals surface area contributed by atoms with Crippen LogP contribution in [-0.4, -0.2) is 11.6 Å². The lowest BCUT2D eigenvalue weighted by Crippen LogP contribution is -2.23. The van der Waals surface area contributed by atoms with Crippen molar-refractivity contribution in [1.29, 1.82) is 0 Å². The number of ether oxygens (including phenoxy) is 1. The first-order chi connectivity index (χ1) is 10.8. The summed E-state index contributed by atoms with van der Waals surface area (Å²) in [6.07, 6.45) is -0.929. The summed E-state index contributed by atoms with van der Waals surface area (Å²) in [5, 5.41) is 0. The van der Waals surface area contributed by atoms with Gasteiger partial charge in [0.1, 0.15) is 0 Å². The Bertz CT molecular complexity index is 644. The fourth-order valence-corrected chi connectivity index (χ4v) is 1.89. The van der Waals surface area contributed by atoms with Gasteiger partial charge in [-0.25, -0.2) is 9.68 Å². The molecule has 0 bridgehead atoms. The minimum atomic E-state index is -0.929. The van der Waals surface area contributed by atoms with Gasteiger partial charge in [-0.15, -0.1) is 0 Å². The first-order valence-electron chi connectivity index (χ1n) is 7.52. The zero-order valence-corrected chi connectivity index (χ0v) is 13.9. The molecule has 0 spiro atoms. The van der Waals surface area contributed by atoms with Gasteiger partial charge in [0, 0.05) is 5.56 Å². The number of carbonyl (C=O) groups is 1. The third kappa shape index (κ3) is 5.51. The third-order valence-electron chi connectivity index (χ3n) is 2.92. The van der Waals surface area contributed by atoms with Gasteiger partial charge in [-0.05, 0) is 45.9 Å². The van der Waals surface area contributed by atoms with E-state index in [-0.39, 0.29) is 0 Å². The summed E-state index contributed by atoms with van der Waals surface area (Å²) in [7, 11) is 0. The number of benzene rings is 2. The van der Waals surface area contributed by atoms with Crippen molar-refractivity contribution in [2.24, 2.45) is 0 Å². The van der Waals surface area contributed by atoms with E-state index in [0.29, 0.717) is 5.56 Å². The fraction of sp³-hybridized carbons (Fsp3) is 0.316. The Hall–Kier alpha value is -2.17. The summed E-state index contributed by atoms with van der Waals surface area (Å²) in [6.45, 7) is 7.54. The van der Waals surface area contributed by atoms with Crippen LogP contribution in [-0.2, 0) is 14.5 Å². The van der Waals surface area contributed by atoms with Crippen LogP contribution in [0.25, 0.3) is 0 Å². The van der Waals surface area contributed by atoms with Crippen LogP contribution in [0.15, 0.2) is 54.6 Å². The molecule has 0 aliphatic carbocycles. The largest absolute Gasteiger partial charge is 0.425 e. The molecule has 23 heavy (non-hydrogen) atoms. The van der Waals surface area contributed by atoms with Crippen LogP contribution in [0.4, 0.5) is 0 Å². The van der Waals surface area contributed by atoms with Crippen molar-refractivity contribution in [2.75, 3.05) is 0 Å². The molecule has 0 fully saturated rings. The van der Waals surface area contributed by atoms with Crippen LogP contribution >= 0.6 is 0 Å². The Morgan fingerprint density at radius 1 is 1.00 bits per heavy atom. The van der Waals surface area contributed by atoms with Crippen molar-refractivity contribution in [2.45, 2.75) is 39.6 Å². The van der Waals surface area contributed by atoms with E-state index in [2.05, 4.69) is 0 Å². The average Bonchev–Trinajstić information content (AvgIpc) is 2.51. The van der Waals surface area contributed by atoms with Crippen LogP contribution in [0.2, 0.25) is 0 Å². The minimum Gasteiger partial charge on any atom is -0.425 e. The van der Waals surface area contributed by atoms with E-state index in [1.54, 1.807) is 24.3 Å². The van der Waals surface area contributed by atoms with Crippen LogP contribution in [0, 0.1) is 6.92 Å². The molecule has 4 heteroatoms. The van der Waals surface area contributed by atoms with Gasteiger partial charge >= 0.3 is 5.97 Å². The van der Waals surface area contributed by atoms with Crippen molar-refractivity contribution in [3.8, 4) is 0 Å². The van der Waals surface area contributed by atoms with E-state index in [4.69, 9.17) is 14.5 Å². The van der Waals surface area contributed by atoms with Crippen molar-refractivity contribution in [3.63, 3.8) is 0 Å². The molecule has 0 heterocycles. The van der Waals surface area contributed by atoms with Crippen LogP contribution in [0.3, 0.4) is 0 Å². The molecule has 0 radical (unpaired) electrons. The van der Waals surface area contributed by atoms with Gasteiger partial charge in [-0.3, -0.25) is 0 Å². The molecule has 0 saturated heterocycles. The number of hydrogen-bond donors (Lipinski definition) is 0. The number of esters is 1. The molecule has 2 rings (SSSR count).